The molecule has 0 saturated carbocycles. The average Bonchev–Trinajstić information content (AvgIpc) is 1.82. The molecule has 13 heavy (non-hydrogen) atoms. The predicted molar refractivity (Wildman–Crippen MR) is 35.6 cm³/mol. The first-order valence-corrected chi connectivity index (χ1v) is 4.80. The van der Waals surface area contributed by atoms with Crippen molar-refractivity contribution in [2.75, 3.05) is 0 Å². The summed E-state index contributed by atoms with van der Waals surface area (Å²) in [6, 6.07) is 0.217. The van der Waals surface area contributed by atoms with E-state index in [-0.39, 0.29) is 6.07 Å². The molecule has 0 radical (unpaired) electrons. The molecule has 8 heteroatoms. The standard InChI is InChI=1S/C5H3F6NS/c6-4-1-2-12-5(3-4)13(7,8,9,10)11/h1-3H. The van der Waals surface area contributed by atoms with Gasteiger partial charge < -0.3 is 0 Å². The normalized spacial score (nSPS) is 17.7. The number of halogens is 6. The molecular weight excluding hydrogens is 220 g/mol. The van der Waals surface area contributed by atoms with Crippen LogP contribution in [0.5, 0.6) is 0 Å². The largest absolute Gasteiger partial charge is 0.325 e. The lowest BCUT2D eigenvalue weighted by atomic mass is 10.5. The maximum atomic E-state index is 12.2. The molecule has 0 aromatic carbocycles. The van der Waals surface area contributed by atoms with Crippen LogP contribution >= 0.6 is 10.2 Å². The summed E-state index contributed by atoms with van der Waals surface area (Å²) in [6.45, 7) is 0. The van der Waals surface area contributed by atoms with Gasteiger partial charge in [-0.3, -0.25) is 0 Å². The van der Waals surface area contributed by atoms with E-state index >= 15 is 0 Å². The van der Waals surface area contributed by atoms with E-state index in [1.165, 1.54) is 0 Å². The molecule has 0 amide bonds. The lowest BCUT2D eigenvalue weighted by Gasteiger charge is -2.39. The summed E-state index contributed by atoms with van der Waals surface area (Å²) in [5, 5.41) is -2.46. The summed E-state index contributed by atoms with van der Waals surface area (Å²) in [4.78, 5) is 2.39. The molecular formula is C5H3F6NS. The van der Waals surface area contributed by atoms with Gasteiger partial charge in [-0.2, -0.15) is 0 Å². The van der Waals surface area contributed by atoms with Crippen LogP contribution in [0.4, 0.5) is 23.8 Å². The smallest absolute Gasteiger partial charge is 0.241 e. The molecule has 0 unspecified atom stereocenters. The number of nitrogens with zero attached hydrogens (tertiary/aromatic N) is 1. The highest BCUT2D eigenvalue weighted by molar-refractivity contribution is 8.45. The van der Waals surface area contributed by atoms with Crippen molar-refractivity contribution in [3.05, 3.63) is 24.1 Å². The Morgan fingerprint density at radius 1 is 1.08 bits per heavy atom. The van der Waals surface area contributed by atoms with Gasteiger partial charge in [-0.1, -0.05) is 19.4 Å². The van der Waals surface area contributed by atoms with Crippen LogP contribution in [0.25, 0.3) is 0 Å². The van der Waals surface area contributed by atoms with Crippen LogP contribution in [0, 0.1) is 5.82 Å². The van der Waals surface area contributed by atoms with Crippen molar-refractivity contribution in [3.8, 4) is 0 Å². The van der Waals surface area contributed by atoms with Crippen molar-refractivity contribution in [2.45, 2.75) is 5.03 Å². The Morgan fingerprint density at radius 3 is 1.92 bits per heavy atom. The average molecular weight is 223 g/mol. The number of pyridine rings is 1. The van der Waals surface area contributed by atoms with Gasteiger partial charge in [-0.05, 0) is 6.07 Å². The van der Waals surface area contributed by atoms with Gasteiger partial charge in [-0.25, -0.2) is 9.37 Å². The van der Waals surface area contributed by atoms with E-state index in [4.69, 9.17) is 0 Å². The van der Waals surface area contributed by atoms with Gasteiger partial charge >= 0.3 is 10.2 Å². The Balaban J connectivity index is 3.41. The maximum Gasteiger partial charge on any atom is 0.325 e. The minimum absolute atomic E-state index is 0.332. The third kappa shape index (κ3) is 2.51. The van der Waals surface area contributed by atoms with Crippen LogP contribution in [0.2, 0.25) is 0 Å². The summed E-state index contributed by atoms with van der Waals surface area (Å²) < 4.78 is 71.7. The third-order valence-electron chi connectivity index (χ3n) is 1.09. The Labute approximate surface area is 69.1 Å². The molecule has 1 rings (SSSR count). The first-order chi connectivity index (χ1) is 5.49. The van der Waals surface area contributed by atoms with Crippen molar-refractivity contribution in [2.24, 2.45) is 0 Å². The quantitative estimate of drug-likeness (QED) is 0.658. The second-order valence-electron chi connectivity index (χ2n) is 2.28. The lowest BCUT2D eigenvalue weighted by molar-refractivity contribution is 0.357. The number of aromatic nitrogens is 1. The second-order valence-corrected chi connectivity index (χ2v) is 4.64. The Kier molecular flexibility index (Phi) is 1.52. The minimum Gasteiger partial charge on any atom is -0.241 e. The van der Waals surface area contributed by atoms with Crippen molar-refractivity contribution in [1.29, 1.82) is 0 Å². The Morgan fingerprint density at radius 2 is 1.62 bits per heavy atom. The zero-order chi connectivity index (χ0) is 10.4. The molecule has 0 N–H and O–H groups in total. The fourth-order valence-electron chi connectivity index (χ4n) is 0.596. The van der Waals surface area contributed by atoms with E-state index in [9.17, 15) is 23.8 Å². The fraction of sp³-hybridized carbons (Fsp3) is 0. The molecule has 0 aliphatic heterocycles. The van der Waals surface area contributed by atoms with Crippen molar-refractivity contribution < 1.29 is 23.8 Å². The molecule has 0 aliphatic rings. The summed E-state index contributed by atoms with van der Waals surface area (Å²) in [6.07, 6.45) is 0.336. The zero-order valence-corrected chi connectivity index (χ0v) is 6.67. The highest BCUT2D eigenvalue weighted by atomic mass is 32.5. The Hall–Kier alpha value is -0.920. The van der Waals surface area contributed by atoms with E-state index in [1.807, 2.05) is 0 Å². The molecule has 1 aromatic heterocycles. The number of hydrogen-bond donors (Lipinski definition) is 0. The van der Waals surface area contributed by atoms with Gasteiger partial charge in [0.25, 0.3) is 0 Å². The molecule has 76 valence electrons. The van der Waals surface area contributed by atoms with E-state index in [0.717, 1.165) is 0 Å². The summed E-state index contributed by atoms with van der Waals surface area (Å²) >= 11 is 0. The van der Waals surface area contributed by atoms with Crippen LogP contribution in [-0.2, 0) is 0 Å². The number of hydrogen-bond acceptors (Lipinski definition) is 1. The maximum absolute atomic E-state index is 12.2. The lowest BCUT2D eigenvalue weighted by Crippen LogP contribution is -2.08. The number of rotatable bonds is 1. The molecule has 1 heterocycles. The third-order valence-corrected chi connectivity index (χ3v) is 2.11. The summed E-state index contributed by atoms with van der Waals surface area (Å²) in [5.74, 6) is -1.40. The van der Waals surface area contributed by atoms with Crippen molar-refractivity contribution in [1.82, 2.24) is 4.98 Å². The van der Waals surface area contributed by atoms with E-state index in [1.54, 1.807) is 0 Å². The molecule has 0 aliphatic carbocycles. The van der Waals surface area contributed by atoms with Gasteiger partial charge in [0.2, 0.25) is 0 Å². The van der Waals surface area contributed by atoms with Gasteiger partial charge in [0.05, 0.1) is 0 Å². The SMILES string of the molecule is Fc1ccnc(S(F)(F)(F)(F)F)c1. The highest BCUT2D eigenvalue weighted by Crippen LogP contribution is 3.01. The van der Waals surface area contributed by atoms with Gasteiger partial charge in [0.1, 0.15) is 5.82 Å². The molecule has 0 atom stereocenters. The van der Waals surface area contributed by atoms with Gasteiger partial charge in [0, 0.05) is 12.3 Å². The van der Waals surface area contributed by atoms with Crippen LogP contribution in [0.3, 0.4) is 0 Å². The Bertz CT molecular complexity index is 342. The monoisotopic (exact) mass is 223 g/mol. The molecule has 1 aromatic rings. The molecule has 0 spiro atoms. The first-order valence-electron chi connectivity index (χ1n) is 2.85. The van der Waals surface area contributed by atoms with Crippen molar-refractivity contribution in [3.63, 3.8) is 0 Å². The van der Waals surface area contributed by atoms with Crippen LogP contribution < -0.4 is 0 Å². The molecule has 0 saturated heterocycles. The van der Waals surface area contributed by atoms with E-state index in [0.29, 0.717) is 12.3 Å². The molecule has 0 fully saturated rings. The van der Waals surface area contributed by atoms with Crippen LogP contribution in [-0.4, -0.2) is 4.98 Å². The van der Waals surface area contributed by atoms with Crippen molar-refractivity contribution >= 4 is 10.2 Å². The zero-order valence-electron chi connectivity index (χ0n) is 5.86. The minimum atomic E-state index is -9.81. The molecule has 1 nitrogen and oxygen atoms in total. The predicted octanol–water partition coefficient (Wildman–Crippen LogP) is 3.88. The van der Waals surface area contributed by atoms with Gasteiger partial charge in [0.15, 0.2) is 5.03 Å². The fourth-order valence-corrected chi connectivity index (χ4v) is 1.19. The van der Waals surface area contributed by atoms with E-state index in [2.05, 4.69) is 4.98 Å². The van der Waals surface area contributed by atoms with Crippen LogP contribution in [0.15, 0.2) is 23.4 Å². The summed E-state index contributed by atoms with van der Waals surface area (Å²) in [7, 11) is -9.81. The molecule has 0 bridgehead atoms. The topological polar surface area (TPSA) is 12.9 Å². The highest BCUT2D eigenvalue weighted by Gasteiger charge is 2.67. The summed E-state index contributed by atoms with van der Waals surface area (Å²) in [5.41, 5.74) is 0. The van der Waals surface area contributed by atoms with Gasteiger partial charge in [-0.15, -0.1) is 0 Å². The van der Waals surface area contributed by atoms with Crippen LogP contribution in [0.1, 0.15) is 0 Å². The second kappa shape index (κ2) is 1.94. The first kappa shape index (κ1) is 10.2. The van der Waals surface area contributed by atoms with E-state index < -0.39 is 21.1 Å².